The highest BCUT2D eigenvalue weighted by Crippen LogP contribution is 2.33. The number of hydrogen-bond donors (Lipinski definition) is 2. The van der Waals surface area contributed by atoms with Gasteiger partial charge in [-0.05, 0) is 35.1 Å². The molecule has 0 spiro atoms. The van der Waals surface area contributed by atoms with Crippen LogP contribution in [0.15, 0.2) is 28.9 Å². The molecule has 110 valence electrons. The lowest BCUT2D eigenvalue weighted by Crippen LogP contribution is -2.31. The first-order valence-electron chi connectivity index (χ1n) is 7.04. The standard InChI is InChI=1S/C15H18N4O2/c1-9-3-2-4-10(5-9)11-6-12(8-13(20)7-11)17-15-14(16)18-21-19-15/h2-5,11-12H,6-8H2,1H3,(H2,16,18)(H,17,19). The second-order valence-corrected chi connectivity index (χ2v) is 5.63. The first-order valence-corrected chi connectivity index (χ1v) is 7.04. The van der Waals surface area contributed by atoms with E-state index in [4.69, 9.17) is 5.73 Å². The van der Waals surface area contributed by atoms with Crippen molar-refractivity contribution in [1.82, 2.24) is 10.3 Å². The molecule has 2 aromatic rings. The number of ketones is 1. The largest absolute Gasteiger partial charge is 0.378 e. The molecule has 6 heteroatoms. The second kappa shape index (κ2) is 5.55. The molecule has 1 fully saturated rings. The Labute approximate surface area is 122 Å². The molecule has 1 aliphatic carbocycles. The summed E-state index contributed by atoms with van der Waals surface area (Å²) >= 11 is 0. The minimum atomic E-state index is 0.00552. The molecule has 1 heterocycles. The van der Waals surface area contributed by atoms with Crippen molar-refractivity contribution in [3.05, 3.63) is 35.4 Å². The van der Waals surface area contributed by atoms with Crippen LogP contribution in [-0.2, 0) is 4.79 Å². The zero-order valence-electron chi connectivity index (χ0n) is 11.9. The Morgan fingerprint density at radius 2 is 2.19 bits per heavy atom. The lowest BCUT2D eigenvalue weighted by atomic mass is 9.80. The number of aromatic nitrogens is 2. The summed E-state index contributed by atoms with van der Waals surface area (Å²) in [6.07, 6.45) is 1.93. The molecule has 3 N–H and O–H groups in total. The van der Waals surface area contributed by atoms with Crippen molar-refractivity contribution in [2.24, 2.45) is 0 Å². The molecule has 0 bridgehead atoms. The molecule has 1 aromatic heterocycles. The van der Waals surface area contributed by atoms with Gasteiger partial charge in [0.2, 0.25) is 11.6 Å². The highest BCUT2D eigenvalue weighted by atomic mass is 16.6. The van der Waals surface area contributed by atoms with Gasteiger partial charge < -0.3 is 11.1 Å². The number of nitrogens with two attached hydrogens (primary N) is 1. The Morgan fingerprint density at radius 3 is 2.90 bits per heavy atom. The van der Waals surface area contributed by atoms with Crippen LogP contribution in [0.25, 0.3) is 0 Å². The molecule has 2 unspecified atom stereocenters. The molecule has 2 atom stereocenters. The van der Waals surface area contributed by atoms with Crippen LogP contribution in [0.1, 0.15) is 36.3 Å². The van der Waals surface area contributed by atoms with Gasteiger partial charge in [0.1, 0.15) is 5.78 Å². The number of anilines is 2. The lowest BCUT2D eigenvalue weighted by molar-refractivity contribution is -0.120. The van der Waals surface area contributed by atoms with Crippen molar-refractivity contribution in [2.45, 2.75) is 38.1 Å². The third-order valence-electron chi connectivity index (χ3n) is 3.89. The van der Waals surface area contributed by atoms with Gasteiger partial charge >= 0.3 is 0 Å². The summed E-state index contributed by atoms with van der Waals surface area (Å²) in [4.78, 5) is 12.0. The van der Waals surface area contributed by atoms with Gasteiger partial charge in [-0.15, -0.1) is 0 Å². The van der Waals surface area contributed by atoms with Crippen molar-refractivity contribution < 1.29 is 9.42 Å². The number of carbonyl (C=O) groups excluding carboxylic acids is 1. The van der Waals surface area contributed by atoms with Crippen LogP contribution in [0.4, 0.5) is 11.6 Å². The average Bonchev–Trinajstić information content (AvgIpc) is 2.84. The maximum Gasteiger partial charge on any atom is 0.215 e. The molecule has 0 radical (unpaired) electrons. The number of rotatable bonds is 3. The average molecular weight is 286 g/mol. The Kier molecular flexibility index (Phi) is 3.60. The number of benzene rings is 1. The molecule has 1 aromatic carbocycles. The van der Waals surface area contributed by atoms with Gasteiger partial charge in [0.25, 0.3) is 0 Å². The molecule has 21 heavy (non-hydrogen) atoms. The third kappa shape index (κ3) is 3.04. The van der Waals surface area contributed by atoms with Gasteiger partial charge in [0.05, 0.1) is 0 Å². The fourth-order valence-electron chi connectivity index (χ4n) is 2.92. The van der Waals surface area contributed by atoms with E-state index >= 15 is 0 Å². The number of carbonyl (C=O) groups is 1. The predicted octanol–water partition coefficient (Wildman–Crippen LogP) is 2.28. The Balaban J connectivity index is 1.75. The smallest absolute Gasteiger partial charge is 0.215 e. The van der Waals surface area contributed by atoms with Gasteiger partial charge in [-0.3, -0.25) is 4.79 Å². The summed E-state index contributed by atoms with van der Waals surface area (Å²) in [6.45, 7) is 2.06. The summed E-state index contributed by atoms with van der Waals surface area (Å²) in [6, 6.07) is 8.33. The quantitative estimate of drug-likeness (QED) is 0.899. The maximum absolute atomic E-state index is 12.0. The number of hydrogen-bond acceptors (Lipinski definition) is 6. The number of nitrogens with zero attached hydrogens (tertiary/aromatic N) is 2. The van der Waals surface area contributed by atoms with Crippen LogP contribution in [0.3, 0.4) is 0 Å². The molecule has 0 amide bonds. The molecule has 0 aliphatic heterocycles. The highest BCUT2D eigenvalue weighted by molar-refractivity contribution is 5.81. The maximum atomic E-state index is 12.0. The van der Waals surface area contributed by atoms with Crippen LogP contribution in [0.2, 0.25) is 0 Å². The van der Waals surface area contributed by atoms with E-state index in [2.05, 4.69) is 45.4 Å². The van der Waals surface area contributed by atoms with E-state index in [1.54, 1.807) is 0 Å². The van der Waals surface area contributed by atoms with E-state index in [1.165, 1.54) is 11.1 Å². The van der Waals surface area contributed by atoms with E-state index in [9.17, 15) is 4.79 Å². The Hall–Kier alpha value is -2.37. The van der Waals surface area contributed by atoms with Crippen molar-refractivity contribution in [3.8, 4) is 0 Å². The molecule has 3 rings (SSSR count). The Bertz CT molecular complexity index is 653. The fraction of sp³-hybridized carbons (Fsp3) is 0.400. The van der Waals surface area contributed by atoms with Gasteiger partial charge in [0.15, 0.2) is 0 Å². The SMILES string of the molecule is Cc1cccc(C2CC(=O)CC(Nc3nonc3N)C2)c1. The van der Waals surface area contributed by atoms with Crippen LogP contribution >= 0.6 is 0 Å². The minimum absolute atomic E-state index is 0.00552. The van der Waals surface area contributed by atoms with Gasteiger partial charge in [0, 0.05) is 18.9 Å². The normalized spacial score (nSPS) is 22.2. The number of nitrogens with one attached hydrogen (secondary N) is 1. The van der Waals surface area contributed by atoms with Gasteiger partial charge in [-0.25, -0.2) is 4.63 Å². The van der Waals surface area contributed by atoms with Gasteiger partial charge in [-0.1, -0.05) is 29.8 Å². The van der Waals surface area contributed by atoms with Crippen LogP contribution in [-0.4, -0.2) is 22.1 Å². The molecule has 0 saturated heterocycles. The monoisotopic (exact) mass is 286 g/mol. The van der Waals surface area contributed by atoms with E-state index in [1.807, 2.05) is 6.07 Å². The van der Waals surface area contributed by atoms with E-state index in [0.717, 1.165) is 6.42 Å². The summed E-state index contributed by atoms with van der Waals surface area (Å²) in [5.41, 5.74) is 8.06. The van der Waals surface area contributed by atoms with Crippen molar-refractivity contribution in [1.29, 1.82) is 0 Å². The zero-order chi connectivity index (χ0) is 14.8. The third-order valence-corrected chi connectivity index (χ3v) is 3.89. The van der Waals surface area contributed by atoms with Crippen molar-refractivity contribution in [2.75, 3.05) is 11.1 Å². The van der Waals surface area contributed by atoms with Crippen LogP contribution < -0.4 is 11.1 Å². The lowest BCUT2D eigenvalue weighted by Gasteiger charge is -2.29. The van der Waals surface area contributed by atoms with Crippen LogP contribution in [0, 0.1) is 6.92 Å². The molecule has 6 nitrogen and oxygen atoms in total. The zero-order valence-corrected chi connectivity index (χ0v) is 11.9. The molecule has 1 aliphatic rings. The number of nitrogen functional groups attached to an aromatic ring is 1. The molecular weight excluding hydrogens is 268 g/mol. The number of Topliss-reactive ketones (excluding diaryl/α,β-unsaturated/α-hetero) is 1. The molecule has 1 saturated carbocycles. The Morgan fingerprint density at radius 1 is 1.33 bits per heavy atom. The van der Waals surface area contributed by atoms with Gasteiger partial charge in [-0.2, -0.15) is 0 Å². The van der Waals surface area contributed by atoms with E-state index < -0.39 is 0 Å². The summed E-state index contributed by atoms with van der Waals surface area (Å²) in [5.74, 6) is 1.11. The summed E-state index contributed by atoms with van der Waals surface area (Å²) in [5, 5.41) is 10.4. The number of aryl methyl sites for hydroxylation is 1. The van der Waals surface area contributed by atoms with Crippen molar-refractivity contribution >= 4 is 17.4 Å². The van der Waals surface area contributed by atoms with E-state index in [-0.39, 0.29) is 23.6 Å². The minimum Gasteiger partial charge on any atom is -0.378 e. The fourth-order valence-corrected chi connectivity index (χ4v) is 2.92. The van der Waals surface area contributed by atoms with Crippen LogP contribution in [0.5, 0.6) is 0 Å². The molecular formula is C15H18N4O2. The summed E-state index contributed by atoms with van der Waals surface area (Å²) in [7, 11) is 0. The second-order valence-electron chi connectivity index (χ2n) is 5.63. The topological polar surface area (TPSA) is 94.0 Å². The highest BCUT2D eigenvalue weighted by Gasteiger charge is 2.29. The first kappa shape index (κ1) is 13.6. The first-order chi connectivity index (χ1) is 10.1. The van der Waals surface area contributed by atoms with E-state index in [0.29, 0.717) is 18.7 Å². The summed E-state index contributed by atoms with van der Waals surface area (Å²) < 4.78 is 4.57. The predicted molar refractivity (Wildman–Crippen MR) is 78.9 cm³/mol. The van der Waals surface area contributed by atoms with Crippen molar-refractivity contribution in [3.63, 3.8) is 0 Å².